The Bertz CT molecular complexity index is 1160. The molecule has 0 bridgehead atoms. The molecule has 0 aliphatic heterocycles. The fourth-order valence-corrected chi connectivity index (χ4v) is 3.14. The molecule has 4 aromatic rings. The molecule has 0 saturated heterocycles. The van der Waals surface area contributed by atoms with E-state index in [2.05, 4.69) is 15.4 Å². The van der Waals surface area contributed by atoms with Crippen LogP contribution in [0, 0.1) is 0 Å². The summed E-state index contributed by atoms with van der Waals surface area (Å²) in [5.41, 5.74) is 2.51. The van der Waals surface area contributed by atoms with Crippen molar-refractivity contribution < 1.29 is 14.3 Å². The van der Waals surface area contributed by atoms with Gasteiger partial charge in [-0.1, -0.05) is 23.7 Å². The molecule has 2 heterocycles. The molecule has 2 aromatic carbocycles. The molecule has 0 saturated carbocycles. The first-order valence-corrected chi connectivity index (χ1v) is 9.62. The number of benzene rings is 2. The Morgan fingerprint density at radius 2 is 2.00 bits per heavy atom. The first-order valence-electron chi connectivity index (χ1n) is 9.24. The summed E-state index contributed by atoms with van der Waals surface area (Å²) in [6, 6.07) is 16.7. The molecule has 30 heavy (non-hydrogen) atoms. The normalized spacial score (nSPS) is 10.7. The van der Waals surface area contributed by atoms with Crippen molar-refractivity contribution >= 4 is 34.1 Å². The largest absolute Gasteiger partial charge is 0.497 e. The molecule has 152 valence electrons. The molecule has 0 radical (unpaired) electrons. The molecular formula is C22H19ClN4O3. The number of anilines is 1. The van der Waals surface area contributed by atoms with E-state index in [1.165, 1.54) is 0 Å². The average molecular weight is 423 g/mol. The zero-order valence-corrected chi connectivity index (χ0v) is 17.0. The summed E-state index contributed by atoms with van der Waals surface area (Å²) >= 11 is 5.98. The van der Waals surface area contributed by atoms with Gasteiger partial charge in [0, 0.05) is 11.2 Å². The van der Waals surface area contributed by atoms with Crippen LogP contribution in [0.15, 0.2) is 67.0 Å². The zero-order valence-electron chi connectivity index (χ0n) is 16.2. The van der Waals surface area contributed by atoms with Crippen LogP contribution in [0.4, 0.5) is 5.69 Å². The van der Waals surface area contributed by atoms with Gasteiger partial charge in [-0.05, 0) is 48.0 Å². The van der Waals surface area contributed by atoms with E-state index in [1.54, 1.807) is 31.6 Å². The highest BCUT2D eigenvalue weighted by atomic mass is 35.5. The Morgan fingerprint density at radius 1 is 1.17 bits per heavy atom. The van der Waals surface area contributed by atoms with E-state index in [0.29, 0.717) is 28.9 Å². The van der Waals surface area contributed by atoms with Crippen LogP contribution < -0.4 is 14.8 Å². The van der Waals surface area contributed by atoms with Gasteiger partial charge >= 0.3 is 0 Å². The monoisotopic (exact) mass is 422 g/mol. The Kier molecular flexibility index (Phi) is 5.81. The maximum atomic E-state index is 12.2. The summed E-state index contributed by atoms with van der Waals surface area (Å²) < 4.78 is 12.9. The zero-order chi connectivity index (χ0) is 20.9. The minimum atomic E-state index is -0.300. The molecule has 0 spiro atoms. The minimum Gasteiger partial charge on any atom is -0.497 e. The Morgan fingerprint density at radius 3 is 2.73 bits per heavy atom. The summed E-state index contributed by atoms with van der Waals surface area (Å²) in [4.78, 5) is 16.2. The molecule has 0 aliphatic carbocycles. The lowest BCUT2D eigenvalue weighted by molar-refractivity contribution is -0.118. The van der Waals surface area contributed by atoms with Crippen LogP contribution in [0.3, 0.4) is 0 Å². The third kappa shape index (κ3) is 4.52. The Hall–Kier alpha value is -3.58. The van der Waals surface area contributed by atoms with E-state index in [9.17, 15) is 4.79 Å². The number of hydrogen-bond donors (Lipinski definition) is 1. The molecule has 0 aliphatic rings. The molecule has 0 atom stereocenters. The second-order valence-corrected chi connectivity index (χ2v) is 6.99. The number of methoxy groups -OCH3 is 1. The fraction of sp³-hybridized carbons (Fsp3) is 0.136. The summed E-state index contributed by atoms with van der Waals surface area (Å²) in [7, 11) is 1.60. The quantitative estimate of drug-likeness (QED) is 0.484. The van der Waals surface area contributed by atoms with E-state index in [4.69, 9.17) is 21.1 Å². The number of nitrogens with zero attached hydrogens (tertiary/aromatic N) is 3. The summed E-state index contributed by atoms with van der Waals surface area (Å²) in [6.45, 7) is 0.352. The number of carbonyl (C=O) groups is 1. The number of ether oxygens (including phenoxy) is 2. The SMILES string of the molecule is COc1ccc2c(c1)c(OCC(=O)Nc1cccnc1)nn2Cc1ccc(Cl)cc1. The van der Waals surface area contributed by atoms with Crippen LogP contribution in [-0.4, -0.2) is 34.4 Å². The number of nitrogens with one attached hydrogen (secondary N) is 1. The fourth-order valence-electron chi connectivity index (χ4n) is 3.01. The summed E-state index contributed by atoms with van der Waals surface area (Å²) in [5, 5.41) is 8.75. The van der Waals surface area contributed by atoms with Gasteiger partial charge in [-0.15, -0.1) is 5.10 Å². The third-order valence-electron chi connectivity index (χ3n) is 4.45. The molecule has 8 heteroatoms. The topological polar surface area (TPSA) is 78.3 Å². The van der Waals surface area contributed by atoms with Gasteiger partial charge in [0.25, 0.3) is 5.91 Å². The highest BCUT2D eigenvalue weighted by molar-refractivity contribution is 6.30. The van der Waals surface area contributed by atoms with Crippen LogP contribution in [-0.2, 0) is 11.3 Å². The first-order chi connectivity index (χ1) is 14.6. The van der Waals surface area contributed by atoms with Crippen LogP contribution >= 0.6 is 11.6 Å². The van der Waals surface area contributed by atoms with Gasteiger partial charge < -0.3 is 14.8 Å². The van der Waals surface area contributed by atoms with E-state index in [-0.39, 0.29) is 12.5 Å². The van der Waals surface area contributed by atoms with Crippen molar-refractivity contribution in [1.29, 1.82) is 0 Å². The van der Waals surface area contributed by atoms with Gasteiger partial charge in [0.05, 0.1) is 36.4 Å². The molecule has 0 fully saturated rings. The van der Waals surface area contributed by atoms with Crippen molar-refractivity contribution in [2.75, 3.05) is 19.0 Å². The lowest BCUT2D eigenvalue weighted by atomic mass is 10.2. The van der Waals surface area contributed by atoms with Crippen LogP contribution in [0.25, 0.3) is 10.9 Å². The molecule has 0 unspecified atom stereocenters. The van der Waals surface area contributed by atoms with Gasteiger partial charge in [0.2, 0.25) is 5.88 Å². The van der Waals surface area contributed by atoms with Crippen molar-refractivity contribution in [3.05, 3.63) is 77.6 Å². The number of rotatable bonds is 7. The molecule has 7 nitrogen and oxygen atoms in total. The Labute approximate surface area is 178 Å². The third-order valence-corrected chi connectivity index (χ3v) is 4.71. The number of amides is 1. The smallest absolute Gasteiger partial charge is 0.262 e. The van der Waals surface area contributed by atoms with E-state index in [1.807, 2.05) is 47.1 Å². The maximum absolute atomic E-state index is 12.2. The van der Waals surface area contributed by atoms with E-state index >= 15 is 0 Å². The lowest BCUT2D eigenvalue weighted by Gasteiger charge is -2.05. The lowest BCUT2D eigenvalue weighted by Crippen LogP contribution is -2.20. The summed E-state index contributed by atoms with van der Waals surface area (Å²) in [6.07, 6.45) is 3.21. The van der Waals surface area contributed by atoms with Crippen molar-refractivity contribution in [2.24, 2.45) is 0 Å². The van der Waals surface area contributed by atoms with Gasteiger partial charge in [-0.2, -0.15) is 0 Å². The average Bonchev–Trinajstić information content (AvgIpc) is 3.11. The highest BCUT2D eigenvalue weighted by Crippen LogP contribution is 2.29. The molecular weight excluding hydrogens is 404 g/mol. The summed E-state index contributed by atoms with van der Waals surface area (Å²) in [5.74, 6) is 0.740. The molecule has 2 aromatic heterocycles. The van der Waals surface area contributed by atoms with Crippen molar-refractivity contribution in [1.82, 2.24) is 14.8 Å². The number of fused-ring (bicyclic) bond motifs is 1. The number of hydrogen-bond acceptors (Lipinski definition) is 5. The minimum absolute atomic E-state index is 0.181. The maximum Gasteiger partial charge on any atom is 0.262 e. The number of aromatic nitrogens is 3. The highest BCUT2D eigenvalue weighted by Gasteiger charge is 2.15. The van der Waals surface area contributed by atoms with Crippen molar-refractivity contribution in [2.45, 2.75) is 6.54 Å². The number of pyridine rings is 1. The first kappa shape index (κ1) is 19.7. The van der Waals surface area contributed by atoms with Crippen molar-refractivity contribution in [3.63, 3.8) is 0 Å². The second-order valence-electron chi connectivity index (χ2n) is 6.55. The van der Waals surface area contributed by atoms with Crippen LogP contribution in [0.2, 0.25) is 5.02 Å². The predicted molar refractivity (Wildman–Crippen MR) is 115 cm³/mol. The molecule has 4 rings (SSSR count). The Balaban J connectivity index is 1.56. The van der Waals surface area contributed by atoms with E-state index in [0.717, 1.165) is 16.5 Å². The van der Waals surface area contributed by atoms with Gasteiger partial charge in [-0.25, -0.2) is 0 Å². The van der Waals surface area contributed by atoms with Crippen molar-refractivity contribution in [3.8, 4) is 11.6 Å². The second kappa shape index (κ2) is 8.84. The predicted octanol–water partition coefficient (Wildman–Crippen LogP) is 4.16. The van der Waals surface area contributed by atoms with Crippen LogP contribution in [0.5, 0.6) is 11.6 Å². The standard InChI is InChI=1S/C22H19ClN4O3/c1-29-18-8-9-20-19(11-18)22(26-27(20)13-15-4-6-16(23)7-5-15)30-14-21(28)25-17-3-2-10-24-12-17/h2-12H,13-14H2,1H3,(H,25,28). The van der Waals surface area contributed by atoms with Gasteiger partial charge in [0.1, 0.15) is 5.75 Å². The molecule has 1 N–H and O–H groups in total. The van der Waals surface area contributed by atoms with Crippen LogP contribution in [0.1, 0.15) is 5.56 Å². The van der Waals surface area contributed by atoms with Gasteiger partial charge in [-0.3, -0.25) is 14.5 Å². The number of halogens is 1. The van der Waals surface area contributed by atoms with E-state index < -0.39 is 0 Å². The van der Waals surface area contributed by atoms with Gasteiger partial charge in [0.15, 0.2) is 6.61 Å². The molecule has 1 amide bonds. The number of carbonyl (C=O) groups excluding carboxylic acids is 1.